The maximum absolute atomic E-state index is 12.7. The molecule has 0 radical (unpaired) electrons. The molecule has 0 aliphatic rings. The van der Waals surface area contributed by atoms with E-state index in [0.29, 0.717) is 18.8 Å². The predicted octanol–water partition coefficient (Wildman–Crippen LogP) is 3.77. The lowest BCUT2D eigenvalue weighted by molar-refractivity contribution is 0.0746. The molecule has 5 nitrogen and oxygen atoms in total. The molecular weight excluding hydrogens is 312 g/mol. The van der Waals surface area contributed by atoms with E-state index in [-0.39, 0.29) is 5.91 Å². The molecule has 1 aromatic carbocycles. The highest BCUT2D eigenvalue weighted by atomic mass is 16.2. The standard InChI is InChI=1S/C20H28N4O/c1-4-12-24(13-5-2)19-15-21-18(14-22-19)20(25)23(6-3)16-17-10-8-7-9-11-17/h7-11,14-15H,4-6,12-13,16H2,1-3H3. The number of carbonyl (C=O) groups excluding carboxylic acids is 1. The van der Waals surface area contributed by atoms with Crippen molar-refractivity contribution in [3.05, 3.63) is 54.0 Å². The lowest BCUT2D eigenvalue weighted by atomic mass is 10.2. The Labute approximate surface area is 150 Å². The molecule has 2 rings (SSSR count). The van der Waals surface area contributed by atoms with E-state index in [1.807, 2.05) is 37.3 Å². The van der Waals surface area contributed by atoms with Crippen LogP contribution in [0.2, 0.25) is 0 Å². The number of anilines is 1. The van der Waals surface area contributed by atoms with E-state index in [0.717, 1.165) is 37.3 Å². The second-order valence-corrected chi connectivity index (χ2v) is 6.05. The van der Waals surface area contributed by atoms with Gasteiger partial charge in [-0.1, -0.05) is 44.2 Å². The molecular formula is C20H28N4O. The van der Waals surface area contributed by atoms with Crippen molar-refractivity contribution in [1.82, 2.24) is 14.9 Å². The van der Waals surface area contributed by atoms with Crippen molar-refractivity contribution < 1.29 is 4.79 Å². The van der Waals surface area contributed by atoms with Crippen molar-refractivity contribution in [1.29, 1.82) is 0 Å². The second kappa shape index (κ2) is 9.77. The first-order valence-electron chi connectivity index (χ1n) is 9.09. The molecule has 0 fully saturated rings. The lowest BCUT2D eigenvalue weighted by Gasteiger charge is -2.23. The number of amides is 1. The fraction of sp³-hybridized carbons (Fsp3) is 0.450. The van der Waals surface area contributed by atoms with Crippen LogP contribution >= 0.6 is 0 Å². The maximum Gasteiger partial charge on any atom is 0.274 e. The Kier molecular flexibility index (Phi) is 7.38. The molecule has 5 heteroatoms. The van der Waals surface area contributed by atoms with Crippen molar-refractivity contribution in [2.45, 2.75) is 40.2 Å². The van der Waals surface area contributed by atoms with Crippen molar-refractivity contribution in [3.8, 4) is 0 Å². The molecule has 25 heavy (non-hydrogen) atoms. The van der Waals surface area contributed by atoms with E-state index >= 15 is 0 Å². The summed E-state index contributed by atoms with van der Waals surface area (Å²) in [6, 6.07) is 10.00. The lowest BCUT2D eigenvalue weighted by Crippen LogP contribution is -2.31. The van der Waals surface area contributed by atoms with Gasteiger partial charge >= 0.3 is 0 Å². The van der Waals surface area contributed by atoms with Crippen LogP contribution in [0.4, 0.5) is 5.82 Å². The van der Waals surface area contributed by atoms with Crippen LogP contribution in [-0.2, 0) is 6.54 Å². The van der Waals surface area contributed by atoms with Crippen LogP contribution in [0.1, 0.15) is 49.7 Å². The van der Waals surface area contributed by atoms with Gasteiger partial charge in [0.15, 0.2) is 0 Å². The number of carbonyl (C=O) groups is 1. The molecule has 1 amide bonds. The number of hydrogen-bond donors (Lipinski definition) is 0. The average molecular weight is 340 g/mol. The molecule has 0 aliphatic heterocycles. The topological polar surface area (TPSA) is 49.3 Å². The summed E-state index contributed by atoms with van der Waals surface area (Å²) in [5, 5.41) is 0. The highest BCUT2D eigenvalue weighted by Gasteiger charge is 2.17. The predicted molar refractivity (Wildman–Crippen MR) is 102 cm³/mol. The van der Waals surface area contributed by atoms with Crippen LogP contribution in [0.3, 0.4) is 0 Å². The molecule has 0 saturated carbocycles. The largest absolute Gasteiger partial charge is 0.355 e. The summed E-state index contributed by atoms with van der Waals surface area (Å²) in [6.07, 6.45) is 5.44. The summed E-state index contributed by atoms with van der Waals surface area (Å²) in [4.78, 5) is 25.6. The number of nitrogens with zero attached hydrogens (tertiary/aromatic N) is 4. The van der Waals surface area contributed by atoms with Gasteiger partial charge < -0.3 is 9.80 Å². The zero-order chi connectivity index (χ0) is 18.1. The van der Waals surface area contributed by atoms with Gasteiger partial charge in [0.25, 0.3) is 5.91 Å². The van der Waals surface area contributed by atoms with Crippen LogP contribution < -0.4 is 4.90 Å². The minimum atomic E-state index is -0.0806. The molecule has 0 saturated heterocycles. The molecule has 0 spiro atoms. The van der Waals surface area contributed by atoms with Crippen LogP contribution in [0.15, 0.2) is 42.7 Å². The highest BCUT2D eigenvalue weighted by Crippen LogP contribution is 2.13. The minimum Gasteiger partial charge on any atom is -0.355 e. The van der Waals surface area contributed by atoms with Gasteiger partial charge in [0, 0.05) is 26.2 Å². The number of aromatic nitrogens is 2. The van der Waals surface area contributed by atoms with E-state index < -0.39 is 0 Å². The quantitative estimate of drug-likeness (QED) is 0.697. The molecule has 0 aliphatic carbocycles. The van der Waals surface area contributed by atoms with Crippen molar-refractivity contribution in [2.75, 3.05) is 24.5 Å². The summed E-state index contributed by atoms with van der Waals surface area (Å²) in [5.41, 5.74) is 1.51. The van der Waals surface area contributed by atoms with Gasteiger partial charge in [-0.25, -0.2) is 9.97 Å². The smallest absolute Gasteiger partial charge is 0.274 e. The molecule has 0 unspecified atom stereocenters. The fourth-order valence-corrected chi connectivity index (χ4v) is 2.77. The highest BCUT2D eigenvalue weighted by molar-refractivity contribution is 5.92. The summed E-state index contributed by atoms with van der Waals surface area (Å²) in [7, 11) is 0. The molecule has 2 aromatic rings. The van der Waals surface area contributed by atoms with Crippen LogP contribution in [0.5, 0.6) is 0 Å². The van der Waals surface area contributed by atoms with E-state index in [9.17, 15) is 4.79 Å². The van der Waals surface area contributed by atoms with Crippen LogP contribution in [-0.4, -0.2) is 40.4 Å². The summed E-state index contributed by atoms with van der Waals surface area (Å²) in [6.45, 7) is 9.39. The Bertz CT molecular complexity index is 637. The Morgan fingerprint density at radius 1 is 0.960 bits per heavy atom. The first-order chi connectivity index (χ1) is 12.2. The maximum atomic E-state index is 12.7. The van der Waals surface area contributed by atoms with Crippen molar-refractivity contribution in [3.63, 3.8) is 0 Å². The zero-order valence-corrected chi connectivity index (χ0v) is 15.5. The van der Waals surface area contributed by atoms with Crippen molar-refractivity contribution in [2.24, 2.45) is 0 Å². The van der Waals surface area contributed by atoms with Gasteiger partial charge in [-0.3, -0.25) is 4.79 Å². The summed E-state index contributed by atoms with van der Waals surface area (Å²) < 4.78 is 0. The van der Waals surface area contributed by atoms with Gasteiger partial charge in [0.2, 0.25) is 0 Å². The average Bonchev–Trinajstić information content (AvgIpc) is 2.66. The normalized spacial score (nSPS) is 10.5. The summed E-state index contributed by atoms with van der Waals surface area (Å²) >= 11 is 0. The number of benzene rings is 1. The van der Waals surface area contributed by atoms with Crippen molar-refractivity contribution >= 4 is 11.7 Å². The Hall–Kier alpha value is -2.43. The Balaban J connectivity index is 2.10. The third-order valence-corrected chi connectivity index (χ3v) is 4.05. The van der Waals surface area contributed by atoms with E-state index in [2.05, 4.69) is 28.7 Å². The minimum absolute atomic E-state index is 0.0806. The molecule has 0 atom stereocenters. The molecule has 0 bridgehead atoms. The van der Waals surface area contributed by atoms with Gasteiger partial charge in [-0.2, -0.15) is 0 Å². The van der Waals surface area contributed by atoms with Gasteiger partial charge in [-0.05, 0) is 25.3 Å². The zero-order valence-electron chi connectivity index (χ0n) is 15.5. The Morgan fingerprint density at radius 3 is 2.16 bits per heavy atom. The van der Waals surface area contributed by atoms with Gasteiger partial charge in [-0.15, -0.1) is 0 Å². The fourth-order valence-electron chi connectivity index (χ4n) is 2.77. The van der Waals surface area contributed by atoms with Crippen LogP contribution in [0.25, 0.3) is 0 Å². The van der Waals surface area contributed by atoms with Gasteiger partial charge in [0.05, 0.1) is 12.4 Å². The molecule has 134 valence electrons. The van der Waals surface area contributed by atoms with Gasteiger partial charge in [0.1, 0.15) is 11.5 Å². The third-order valence-electron chi connectivity index (χ3n) is 4.05. The number of hydrogen-bond acceptors (Lipinski definition) is 4. The first-order valence-corrected chi connectivity index (χ1v) is 9.09. The SMILES string of the molecule is CCCN(CCC)c1cnc(C(=O)N(CC)Cc2ccccc2)cn1. The molecule has 1 aromatic heterocycles. The summed E-state index contributed by atoms with van der Waals surface area (Å²) in [5.74, 6) is 0.759. The van der Waals surface area contributed by atoms with E-state index in [4.69, 9.17) is 0 Å². The monoisotopic (exact) mass is 340 g/mol. The molecule has 0 N–H and O–H groups in total. The second-order valence-electron chi connectivity index (χ2n) is 6.05. The third kappa shape index (κ3) is 5.28. The molecule has 1 heterocycles. The van der Waals surface area contributed by atoms with E-state index in [1.165, 1.54) is 0 Å². The van der Waals surface area contributed by atoms with Crippen LogP contribution in [0, 0.1) is 0 Å². The Morgan fingerprint density at radius 2 is 1.64 bits per heavy atom. The van der Waals surface area contributed by atoms with E-state index in [1.54, 1.807) is 17.3 Å². The number of rotatable bonds is 9. The first kappa shape index (κ1) is 18.9.